The predicted octanol–water partition coefficient (Wildman–Crippen LogP) is 0.728. The van der Waals surface area contributed by atoms with E-state index in [9.17, 15) is 9.59 Å². The molecule has 0 aliphatic carbocycles. The average molecular weight is 234 g/mol. The van der Waals surface area contributed by atoms with Crippen LogP contribution in [0.3, 0.4) is 0 Å². The minimum atomic E-state index is -1.20. The molecule has 6 heteroatoms. The van der Waals surface area contributed by atoms with E-state index in [2.05, 4.69) is 5.10 Å². The summed E-state index contributed by atoms with van der Waals surface area (Å²) in [6, 6.07) is 6.62. The molecule has 88 valence electrons. The number of hydrazone groups is 1. The lowest BCUT2D eigenvalue weighted by Crippen LogP contribution is -2.30. The summed E-state index contributed by atoms with van der Waals surface area (Å²) in [5.74, 6) is -2.31. The Labute approximate surface area is 97.1 Å². The average Bonchev–Trinajstić information content (AvgIpc) is 2.71. The van der Waals surface area contributed by atoms with Crippen molar-refractivity contribution in [2.24, 2.45) is 11.0 Å². The Kier molecular flexibility index (Phi) is 2.78. The maximum Gasteiger partial charge on any atom is 0.321 e. The lowest BCUT2D eigenvalue weighted by Gasteiger charge is -2.13. The van der Waals surface area contributed by atoms with Gasteiger partial charge in [0.15, 0.2) is 5.92 Å². The van der Waals surface area contributed by atoms with Crippen LogP contribution in [0.15, 0.2) is 29.4 Å². The van der Waals surface area contributed by atoms with Gasteiger partial charge < -0.3 is 9.84 Å². The van der Waals surface area contributed by atoms with Crippen molar-refractivity contribution in [1.82, 2.24) is 0 Å². The highest BCUT2D eigenvalue weighted by atomic mass is 16.5. The van der Waals surface area contributed by atoms with Crippen LogP contribution in [-0.2, 0) is 9.59 Å². The number of aliphatic carboxylic acids is 1. The first-order chi connectivity index (χ1) is 8.13. The molecule has 1 heterocycles. The Morgan fingerprint density at radius 1 is 1.41 bits per heavy atom. The summed E-state index contributed by atoms with van der Waals surface area (Å²) < 4.78 is 4.98. The van der Waals surface area contributed by atoms with Gasteiger partial charge in [0.25, 0.3) is 5.91 Å². The summed E-state index contributed by atoms with van der Waals surface area (Å²) >= 11 is 0. The van der Waals surface area contributed by atoms with Gasteiger partial charge in [-0.25, -0.2) is 0 Å². The fourth-order valence-corrected chi connectivity index (χ4v) is 1.47. The summed E-state index contributed by atoms with van der Waals surface area (Å²) in [5.41, 5.74) is 0.510. The van der Waals surface area contributed by atoms with Crippen molar-refractivity contribution < 1.29 is 19.4 Å². The first-order valence-electron chi connectivity index (χ1n) is 4.88. The number of hydrogen-bond acceptors (Lipinski definition) is 4. The van der Waals surface area contributed by atoms with Crippen molar-refractivity contribution in [2.45, 2.75) is 0 Å². The van der Waals surface area contributed by atoms with Gasteiger partial charge in [-0.2, -0.15) is 10.1 Å². The van der Waals surface area contributed by atoms with Gasteiger partial charge in [-0.3, -0.25) is 9.59 Å². The van der Waals surface area contributed by atoms with Crippen LogP contribution in [0.1, 0.15) is 0 Å². The molecule has 1 atom stereocenters. The van der Waals surface area contributed by atoms with E-state index in [0.717, 1.165) is 11.2 Å². The molecule has 6 nitrogen and oxygen atoms in total. The number of nitrogens with zero attached hydrogens (tertiary/aromatic N) is 2. The number of carboxylic acids is 1. The molecule has 0 saturated carbocycles. The van der Waals surface area contributed by atoms with E-state index in [1.165, 1.54) is 7.11 Å². The Hall–Kier alpha value is -2.37. The van der Waals surface area contributed by atoms with Gasteiger partial charge in [-0.15, -0.1) is 0 Å². The normalized spacial score (nSPS) is 18.5. The molecule has 1 unspecified atom stereocenters. The highest BCUT2D eigenvalue weighted by molar-refractivity contribution is 6.19. The van der Waals surface area contributed by atoms with E-state index in [4.69, 9.17) is 9.84 Å². The molecule has 0 aromatic heterocycles. The molecule has 1 aromatic rings. The second kappa shape index (κ2) is 4.25. The Morgan fingerprint density at radius 2 is 2.06 bits per heavy atom. The zero-order valence-electron chi connectivity index (χ0n) is 9.03. The molecule has 1 aromatic carbocycles. The van der Waals surface area contributed by atoms with Gasteiger partial charge in [0.1, 0.15) is 5.75 Å². The lowest BCUT2D eigenvalue weighted by atomic mass is 10.1. The third kappa shape index (κ3) is 1.96. The third-order valence-electron chi connectivity index (χ3n) is 2.39. The molecule has 2 rings (SSSR count). The molecule has 1 aliphatic heterocycles. The first kappa shape index (κ1) is 11.1. The molecule has 1 N–H and O–H groups in total. The molecule has 1 aliphatic rings. The number of methoxy groups -OCH3 is 1. The molecule has 0 saturated heterocycles. The van der Waals surface area contributed by atoms with Crippen LogP contribution in [0.5, 0.6) is 5.75 Å². The smallest absolute Gasteiger partial charge is 0.321 e. The van der Waals surface area contributed by atoms with Crippen LogP contribution in [0, 0.1) is 5.92 Å². The van der Waals surface area contributed by atoms with Gasteiger partial charge in [0.2, 0.25) is 0 Å². The zero-order chi connectivity index (χ0) is 12.4. The lowest BCUT2D eigenvalue weighted by molar-refractivity contribution is -0.142. The van der Waals surface area contributed by atoms with Gasteiger partial charge >= 0.3 is 5.97 Å². The van der Waals surface area contributed by atoms with Gasteiger partial charge in [0.05, 0.1) is 12.8 Å². The molecule has 0 radical (unpaired) electrons. The van der Waals surface area contributed by atoms with Crippen LogP contribution in [0.2, 0.25) is 0 Å². The second-order valence-corrected chi connectivity index (χ2v) is 3.43. The zero-order valence-corrected chi connectivity index (χ0v) is 9.03. The van der Waals surface area contributed by atoms with Gasteiger partial charge in [-0.1, -0.05) is 0 Å². The number of carbonyl (C=O) groups is 2. The number of benzene rings is 1. The van der Waals surface area contributed by atoms with Crippen LogP contribution in [0.4, 0.5) is 5.69 Å². The highest BCUT2D eigenvalue weighted by Crippen LogP contribution is 2.23. The number of hydrogen-bond donors (Lipinski definition) is 1. The quantitative estimate of drug-likeness (QED) is 0.782. The van der Waals surface area contributed by atoms with Crippen LogP contribution < -0.4 is 9.75 Å². The number of carbonyl (C=O) groups excluding carboxylic acids is 1. The summed E-state index contributed by atoms with van der Waals surface area (Å²) in [7, 11) is 1.54. The standard InChI is InChI=1S/C11H10N2O4/c1-17-8-4-2-7(3-5-8)13-10(14)9(6-12-13)11(15)16/h2-6,9H,1H3,(H,15,16). The van der Waals surface area contributed by atoms with Gasteiger partial charge in [-0.05, 0) is 24.3 Å². The molecular weight excluding hydrogens is 224 g/mol. The number of rotatable bonds is 3. The van der Waals surface area contributed by atoms with Crippen molar-refractivity contribution in [3.8, 4) is 5.75 Å². The minimum absolute atomic E-state index is 0.510. The fraction of sp³-hybridized carbons (Fsp3) is 0.182. The molecular formula is C11H10N2O4. The molecule has 0 fully saturated rings. The van der Waals surface area contributed by atoms with Crippen LogP contribution in [-0.4, -0.2) is 30.3 Å². The van der Waals surface area contributed by atoms with Crippen LogP contribution >= 0.6 is 0 Å². The van der Waals surface area contributed by atoms with Crippen molar-refractivity contribution in [1.29, 1.82) is 0 Å². The Morgan fingerprint density at radius 3 is 2.53 bits per heavy atom. The predicted molar refractivity (Wildman–Crippen MR) is 60.1 cm³/mol. The Bertz CT molecular complexity index is 481. The molecule has 0 spiro atoms. The summed E-state index contributed by atoms with van der Waals surface area (Å²) in [5, 5.41) is 13.6. The monoisotopic (exact) mass is 234 g/mol. The number of carboxylic acid groups (broad SMARTS) is 1. The van der Waals surface area contributed by atoms with Crippen molar-refractivity contribution in [2.75, 3.05) is 12.1 Å². The SMILES string of the molecule is COc1ccc(N2N=CC(C(=O)O)C2=O)cc1. The number of amides is 1. The number of ether oxygens (including phenoxy) is 1. The van der Waals surface area contributed by atoms with Crippen LogP contribution in [0.25, 0.3) is 0 Å². The largest absolute Gasteiger partial charge is 0.497 e. The van der Waals surface area contributed by atoms with E-state index >= 15 is 0 Å². The van der Waals surface area contributed by atoms with Crippen molar-refractivity contribution in [3.63, 3.8) is 0 Å². The van der Waals surface area contributed by atoms with Gasteiger partial charge in [0, 0.05) is 6.21 Å². The highest BCUT2D eigenvalue weighted by Gasteiger charge is 2.34. The fourth-order valence-electron chi connectivity index (χ4n) is 1.47. The van der Waals surface area contributed by atoms with E-state index < -0.39 is 17.8 Å². The first-order valence-corrected chi connectivity index (χ1v) is 4.88. The Balaban J connectivity index is 2.22. The molecule has 0 bridgehead atoms. The van der Waals surface area contributed by atoms with E-state index in [-0.39, 0.29) is 0 Å². The summed E-state index contributed by atoms with van der Waals surface area (Å²) in [6.45, 7) is 0. The van der Waals surface area contributed by atoms with E-state index in [1.54, 1.807) is 24.3 Å². The maximum absolute atomic E-state index is 11.7. The second-order valence-electron chi connectivity index (χ2n) is 3.43. The minimum Gasteiger partial charge on any atom is -0.497 e. The third-order valence-corrected chi connectivity index (χ3v) is 2.39. The molecule has 1 amide bonds. The van der Waals surface area contributed by atoms with Crippen molar-refractivity contribution in [3.05, 3.63) is 24.3 Å². The summed E-state index contributed by atoms with van der Waals surface area (Å²) in [4.78, 5) is 22.4. The van der Waals surface area contributed by atoms with Crippen molar-refractivity contribution >= 4 is 23.8 Å². The molecule has 17 heavy (non-hydrogen) atoms. The maximum atomic E-state index is 11.7. The number of anilines is 1. The summed E-state index contributed by atoms with van der Waals surface area (Å²) in [6.07, 6.45) is 1.12. The van der Waals surface area contributed by atoms with E-state index in [1.807, 2.05) is 0 Å². The van der Waals surface area contributed by atoms with E-state index in [0.29, 0.717) is 11.4 Å². The topological polar surface area (TPSA) is 79.2 Å².